The molecule has 0 heterocycles. The Morgan fingerprint density at radius 2 is 1.59 bits per heavy atom. The van der Waals surface area contributed by atoms with Crippen LogP contribution in [0.4, 0.5) is 5.69 Å². The Hall–Kier alpha value is -2.34. The summed E-state index contributed by atoms with van der Waals surface area (Å²) in [6.07, 6.45) is 0.265. The zero-order chi connectivity index (χ0) is 16.2. The molecule has 0 atom stereocenters. The van der Waals surface area contributed by atoms with Crippen molar-refractivity contribution in [1.82, 2.24) is 5.32 Å². The summed E-state index contributed by atoms with van der Waals surface area (Å²) in [6.45, 7) is 1.90. The van der Waals surface area contributed by atoms with Gasteiger partial charge >= 0.3 is 0 Å². The Labute approximate surface area is 130 Å². The van der Waals surface area contributed by atoms with Crippen molar-refractivity contribution in [1.29, 1.82) is 0 Å². The maximum absolute atomic E-state index is 12.2. The third-order valence-electron chi connectivity index (χ3n) is 3.18. The number of anilines is 1. The van der Waals surface area contributed by atoms with Crippen LogP contribution >= 0.6 is 0 Å². The first-order chi connectivity index (χ1) is 10.4. The predicted molar refractivity (Wildman–Crippen MR) is 86.2 cm³/mol. The maximum Gasteiger partial charge on any atom is 0.261 e. The zero-order valence-corrected chi connectivity index (χ0v) is 13.3. The van der Waals surface area contributed by atoms with Crippen molar-refractivity contribution in [3.63, 3.8) is 0 Å². The highest BCUT2D eigenvalue weighted by atomic mass is 32.2. The number of sulfonamides is 1. The highest BCUT2D eigenvalue weighted by Crippen LogP contribution is 2.17. The van der Waals surface area contributed by atoms with E-state index < -0.39 is 10.0 Å². The first-order valence-corrected chi connectivity index (χ1v) is 8.28. The zero-order valence-electron chi connectivity index (χ0n) is 12.5. The van der Waals surface area contributed by atoms with Crippen LogP contribution in [0, 0.1) is 6.92 Å². The molecule has 1 amide bonds. The SMILES string of the molecule is CNC(=O)Cc1ccc(NS(=O)(=O)c2ccc(C)cc2)cc1. The second-order valence-electron chi connectivity index (χ2n) is 4.97. The maximum atomic E-state index is 12.2. The van der Waals surface area contributed by atoms with Crippen LogP contribution in [-0.2, 0) is 21.2 Å². The molecule has 2 aromatic rings. The topological polar surface area (TPSA) is 75.3 Å². The minimum absolute atomic E-state index is 0.0898. The van der Waals surface area contributed by atoms with Gasteiger partial charge in [-0.15, -0.1) is 0 Å². The molecule has 2 aromatic carbocycles. The quantitative estimate of drug-likeness (QED) is 0.886. The number of carbonyl (C=O) groups is 1. The number of nitrogens with one attached hydrogen (secondary N) is 2. The molecule has 0 aliphatic heterocycles. The summed E-state index contributed by atoms with van der Waals surface area (Å²) >= 11 is 0. The molecular weight excluding hydrogens is 300 g/mol. The minimum atomic E-state index is -3.60. The molecule has 2 N–H and O–H groups in total. The minimum Gasteiger partial charge on any atom is -0.359 e. The molecule has 5 nitrogen and oxygen atoms in total. The molecule has 0 aliphatic rings. The average molecular weight is 318 g/mol. The van der Waals surface area contributed by atoms with Gasteiger partial charge in [-0.3, -0.25) is 9.52 Å². The summed E-state index contributed by atoms with van der Waals surface area (Å²) in [4.78, 5) is 11.5. The molecule has 0 unspecified atom stereocenters. The van der Waals surface area contributed by atoms with Gasteiger partial charge in [-0.1, -0.05) is 29.8 Å². The van der Waals surface area contributed by atoms with E-state index in [1.807, 2.05) is 6.92 Å². The lowest BCUT2D eigenvalue weighted by atomic mass is 10.1. The molecule has 0 aromatic heterocycles. The first-order valence-electron chi connectivity index (χ1n) is 6.80. The second-order valence-corrected chi connectivity index (χ2v) is 6.65. The first kappa shape index (κ1) is 16.0. The van der Waals surface area contributed by atoms with Gasteiger partial charge in [0.15, 0.2) is 0 Å². The molecule has 22 heavy (non-hydrogen) atoms. The number of hydrogen-bond acceptors (Lipinski definition) is 3. The number of likely N-dealkylation sites (N-methyl/N-ethyl adjacent to an activating group) is 1. The Bertz CT molecular complexity index is 751. The Balaban J connectivity index is 2.13. The van der Waals surface area contributed by atoms with Crippen molar-refractivity contribution >= 4 is 21.6 Å². The van der Waals surface area contributed by atoms with Crippen LogP contribution < -0.4 is 10.0 Å². The number of amides is 1. The van der Waals surface area contributed by atoms with Gasteiger partial charge in [0.1, 0.15) is 0 Å². The number of aryl methyl sites for hydroxylation is 1. The number of benzene rings is 2. The predicted octanol–water partition coefficient (Wildman–Crippen LogP) is 2.08. The molecule has 2 rings (SSSR count). The fourth-order valence-electron chi connectivity index (χ4n) is 1.90. The lowest BCUT2D eigenvalue weighted by Crippen LogP contribution is -2.19. The summed E-state index contributed by atoms with van der Waals surface area (Å²) in [6, 6.07) is 13.4. The summed E-state index contributed by atoms with van der Waals surface area (Å²) in [5.41, 5.74) is 2.27. The number of hydrogen-bond donors (Lipinski definition) is 2. The van der Waals surface area contributed by atoms with Crippen LogP contribution in [0.15, 0.2) is 53.4 Å². The van der Waals surface area contributed by atoms with Gasteiger partial charge in [-0.2, -0.15) is 0 Å². The molecule has 0 bridgehead atoms. The Kier molecular flexibility index (Phi) is 4.82. The van der Waals surface area contributed by atoms with E-state index in [1.165, 1.54) is 0 Å². The number of rotatable bonds is 5. The van der Waals surface area contributed by atoms with E-state index in [-0.39, 0.29) is 17.2 Å². The van der Waals surface area contributed by atoms with Crippen LogP contribution in [0.1, 0.15) is 11.1 Å². The fourth-order valence-corrected chi connectivity index (χ4v) is 2.95. The third kappa shape index (κ3) is 4.08. The lowest BCUT2D eigenvalue weighted by Gasteiger charge is -2.09. The van der Waals surface area contributed by atoms with Gasteiger partial charge in [-0.25, -0.2) is 8.42 Å². The molecule has 0 spiro atoms. The molecule has 0 radical (unpaired) electrons. The molecule has 0 fully saturated rings. The van der Waals surface area contributed by atoms with Crippen LogP contribution in [0.25, 0.3) is 0 Å². The molecule has 6 heteroatoms. The monoisotopic (exact) mass is 318 g/mol. The molecular formula is C16H18N2O3S. The molecule has 0 saturated carbocycles. The van der Waals surface area contributed by atoms with Crippen molar-refractivity contribution < 1.29 is 13.2 Å². The van der Waals surface area contributed by atoms with Crippen LogP contribution in [0.5, 0.6) is 0 Å². The van der Waals surface area contributed by atoms with E-state index in [0.29, 0.717) is 5.69 Å². The molecule has 116 valence electrons. The van der Waals surface area contributed by atoms with Gasteiger partial charge in [0.2, 0.25) is 5.91 Å². The third-order valence-corrected chi connectivity index (χ3v) is 4.58. The van der Waals surface area contributed by atoms with Crippen molar-refractivity contribution in [2.24, 2.45) is 0 Å². The molecule has 0 saturated heterocycles. The summed E-state index contributed by atoms with van der Waals surface area (Å²) in [5.74, 6) is -0.0898. The van der Waals surface area contributed by atoms with Gasteiger partial charge in [0, 0.05) is 12.7 Å². The Morgan fingerprint density at radius 3 is 2.14 bits per heavy atom. The van der Waals surface area contributed by atoms with Gasteiger partial charge in [0.05, 0.1) is 11.3 Å². The highest BCUT2D eigenvalue weighted by molar-refractivity contribution is 7.92. The van der Waals surface area contributed by atoms with Crippen LogP contribution in [-0.4, -0.2) is 21.4 Å². The van der Waals surface area contributed by atoms with Crippen LogP contribution in [0.3, 0.4) is 0 Å². The van der Waals surface area contributed by atoms with Crippen LogP contribution in [0.2, 0.25) is 0 Å². The number of carbonyl (C=O) groups excluding carboxylic acids is 1. The van der Waals surface area contributed by atoms with E-state index in [4.69, 9.17) is 0 Å². The summed E-state index contributed by atoms with van der Waals surface area (Å²) in [5, 5.41) is 2.54. The van der Waals surface area contributed by atoms with Gasteiger partial charge in [0.25, 0.3) is 10.0 Å². The lowest BCUT2D eigenvalue weighted by molar-refractivity contribution is -0.119. The fraction of sp³-hybridized carbons (Fsp3) is 0.188. The van der Waals surface area contributed by atoms with E-state index in [2.05, 4.69) is 10.0 Å². The smallest absolute Gasteiger partial charge is 0.261 e. The van der Waals surface area contributed by atoms with Crippen molar-refractivity contribution in [3.05, 3.63) is 59.7 Å². The van der Waals surface area contributed by atoms with Crippen molar-refractivity contribution in [2.75, 3.05) is 11.8 Å². The van der Waals surface area contributed by atoms with Crippen molar-refractivity contribution in [2.45, 2.75) is 18.2 Å². The standard InChI is InChI=1S/C16H18N2O3S/c1-12-3-9-15(10-4-12)22(20,21)18-14-7-5-13(6-8-14)11-16(19)17-2/h3-10,18H,11H2,1-2H3,(H,17,19). The van der Waals surface area contributed by atoms with Gasteiger partial charge in [-0.05, 0) is 36.8 Å². The van der Waals surface area contributed by atoms with E-state index in [1.54, 1.807) is 55.6 Å². The van der Waals surface area contributed by atoms with E-state index >= 15 is 0 Å². The largest absolute Gasteiger partial charge is 0.359 e. The van der Waals surface area contributed by atoms with E-state index in [0.717, 1.165) is 11.1 Å². The summed E-state index contributed by atoms with van der Waals surface area (Å²) in [7, 11) is -2.02. The normalized spacial score (nSPS) is 11.0. The van der Waals surface area contributed by atoms with Crippen molar-refractivity contribution in [3.8, 4) is 0 Å². The average Bonchev–Trinajstić information content (AvgIpc) is 2.49. The Morgan fingerprint density at radius 1 is 1.00 bits per heavy atom. The second kappa shape index (κ2) is 6.62. The van der Waals surface area contributed by atoms with E-state index in [9.17, 15) is 13.2 Å². The van der Waals surface area contributed by atoms with Gasteiger partial charge < -0.3 is 5.32 Å². The summed E-state index contributed by atoms with van der Waals surface area (Å²) < 4.78 is 27.0. The highest BCUT2D eigenvalue weighted by Gasteiger charge is 2.13. The molecule has 0 aliphatic carbocycles.